The van der Waals surface area contributed by atoms with E-state index in [0.717, 1.165) is 0 Å². The molecule has 1 rings (SSSR count). The van der Waals surface area contributed by atoms with Gasteiger partial charge in [-0.15, -0.1) is 0 Å². The molecule has 1 atom stereocenters. The zero-order valence-corrected chi connectivity index (χ0v) is 9.62. The molecule has 1 aromatic carbocycles. The number of nitro groups is 1. The predicted octanol–water partition coefficient (Wildman–Crippen LogP) is 0.727. The van der Waals surface area contributed by atoms with Gasteiger partial charge < -0.3 is 10.4 Å². The van der Waals surface area contributed by atoms with Gasteiger partial charge >= 0.3 is 5.97 Å². The lowest BCUT2D eigenvalue weighted by Gasteiger charge is -2.08. The summed E-state index contributed by atoms with van der Waals surface area (Å²) in [5.41, 5.74) is 0.353. The SMILES string of the molecule is C[C@@H](NC(=O)Cc1cccc([N+](=O)[O-])c1)C(=O)O. The van der Waals surface area contributed by atoms with Crippen molar-refractivity contribution < 1.29 is 19.6 Å². The number of rotatable bonds is 5. The van der Waals surface area contributed by atoms with Gasteiger partial charge in [0, 0.05) is 12.1 Å². The normalized spacial score (nSPS) is 11.6. The number of carbonyl (C=O) groups is 2. The van der Waals surface area contributed by atoms with E-state index in [1.54, 1.807) is 6.07 Å². The van der Waals surface area contributed by atoms with Gasteiger partial charge in [0.2, 0.25) is 5.91 Å². The fourth-order valence-corrected chi connectivity index (χ4v) is 1.32. The van der Waals surface area contributed by atoms with E-state index < -0.39 is 22.8 Å². The number of hydrogen-bond donors (Lipinski definition) is 2. The van der Waals surface area contributed by atoms with E-state index in [2.05, 4.69) is 5.32 Å². The number of nitrogens with zero attached hydrogens (tertiary/aromatic N) is 1. The Bertz CT molecular complexity index is 486. The van der Waals surface area contributed by atoms with Crippen LogP contribution in [0.1, 0.15) is 12.5 Å². The summed E-state index contributed by atoms with van der Waals surface area (Å²) in [6.45, 7) is 1.34. The molecule has 0 fully saturated rings. The van der Waals surface area contributed by atoms with Gasteiger partial charge in [-0.2, -0.15) is 0 Å². The lowest BCUT2D eigenvalue weighted by atomic mass is 10.1. The number of amides is 1. The van der Waals surface area contributed by atoms with Gasteiger partial charge in [-0.3, -0.25) is 19.7 Å². The van der Waals surface area contributed by atoms with Crippen LogP contribution in [0.5, 0.6) is 0 Å². The number of nitro benzene ring substituents is 1. The van der Waals surface area contributed by atoms with E-state index in [-0.39, 0.29) is 12.1 Å². The van der Waals surface area contributed by atoms with Crippen molar-refractivity contribution in [3.63, 3.8) is 0 Å². The first-order chi connectivity index (χ1) is 8.40. The summed E-state index contributed by atoms with van der Waals surface area (Å²) in [4.78, 5) is 32.0. The summed E-state index contributed by atoms with van der Waals surface area (Å²) >= 11 is 0. The first-order valence-electron chi connectivity index (χ1n) is 5.15. The van der Waals surface area contributed by atoms with E-state index in [4.69, 9.17) is 5.11 Å². The zero-order chi connectivity index (χ0) is 13.7. The molecule has 0 radical (unpaired) electrons. The number of benzene rings is 1. The summed E-state index contributed by atoms with van der Waals surface area (Å²) in [5.74, 6) is -1.63. The molecule has 0 aliphatic rings. The van der Waals surface area contributed by atoms with Crippen LogP contribution in [-0.4, -0.2) is 27.9 Å². The van der Waals surface area contributed by atoms with E-state index in [9.17, 15) is 19.7 Å². The van der Waals surface area contributed by atoms with Crippen LogP contribution in [0.2, 0.25) is 0 Å². The molecule has 0 aromatic heterocycles. The molecule has 18 heavy (non-hydrogen) atoms. The maximum atomic E-state index is 11.5. The first-order valence-corrected chi connectivity index (χ1v) is 5.15. The number of aliphatic carboxylic acids is 1. The topological polar surface area (TPSA) is 110 Å². The van der Waals surface area contributed by atoms with Crippen LogP contribution in [0, 0.1) is 10.1 Å². The van der Waals surface area contributed by atoms with E-state index in [0.29, 0.717) is 5.56 Å². The fourth-order valence-electron chi connectivity index (χ4n) is 1.32. The Morgan fingerprint density at radius 1 is 1.50 bits per heavy atom. The number of hydrogen-bond acceptors (Lipinski definition) is 4. The molecule has 2 N–H and O–H groups in total. The number of carboxylic acid groups (broad SMARTS) is 1. The zero-order valence-electron chi connectivity index (χ0n) is 9.62. The van der Waals surface area contributed by atoms with Crippen molar-refractivity contribution in [2.45, 2.75) is 19.4 Å². The standard InChI is InChI=1S/C11H12N2O5/c1-7(11(15)16)12-10(14)6-8-3-2-4-9(5-8)13(17)18/h2-5,7H,6H2,1H3,(H,12,14)(H,15,16)/t7-/m1/s1. The van der Waals surface area contributed by atoms with Crippen molar-refractivity contribution in [2.24, 2.45) is 0 Å². The average molecular weight is 252 g/mol. The van der Waals surface area contributed by atoms with Crippen molar-refractivity contribution in [1.29, 1.82) is 0 Å². The highest BCUT2D eigenvalue weighted by atomic mass is 16.6. The molecule has 7 nitrogen and oxygen atoms in total. The van der Waals surface area contributed by atoms with Gasteiger partial charge in [-0.1, -0.05) is 12.1 Å². The smallest absolute Gasteiger partial charge is 0.325 e. The summed E-state index contributed by atoms with van der Waals surface area (Å²) in [6, 6.07) is 4.65. The average Bonchev–Trinajstić information content (AvgIpc) is 2.28. The molecular weight excluding hydrogens is 240 g/mol. The van der Waals surface area contributed by atoms with Crippen molar-refractivity contribution in [3.05, 3.63) is 39.9 Å². The van der Waals surface area contributed by atoms with Crippen LogP contribution in [0.4, 0.5) is 5.69 Å². The van der Waals surface area contributed by atoms with Crippen molar-refractivity contribution in [3.8, 4) is 0 Å². The summed E-state index contributed by atoms with van der Waals surface area (Å²) < 4.78 is 0. The van der Waals surface area contributed by atoms with E-state index in [1.807, 2.05) is 0 Å². The molecular formula is C11H12N2O5. The van der Waals surface area contributed by atoms with E-state index >= 15 is 0 Å². The highest BCUT2D eigenvalue weighted by Crippen LogP contribution is 2.13. The predicted molar refractivity (Wildman–Crippen MR) is 62.0 cm³/mol. The van der Waals surface area contributed by atoms with Crippen LogP contribution in [0.25, 0.3) is 0 Å². The highest BCUT2D eigenvalue weighted by Gasteiger charge is 2.15. The van der Waals surface area contributed by atoms with Gasteiger partial charge in [-0.25, -0.2) is 0 Å². The van der Waals surface area contributed by atoms with Crippen molar-refractivity contribution in [2.75, 3.05) is 0 Å². The lowest BCUT2D eigenvalue weighted by molar-refractivity contribution is -0.384. The maximum absolute atomic E-state index is 11.5. The van der Waals surface area contributed by atoms with Crippen LogP contribution in [-0.2, 0) is 16.0 Å². The number of nitrogens with one attached hydrogen (secondary N) is 1. The Balaban J connectivity index is 2.67. The Morgan fingerprint density at radius 3 is 2.72 bits per heavy atom. The Kier molecular flexibility index (Phi) is 4.36. The Labute approximate surface area is 103 Å². The third-order valence-corrected chi connectivity index (χ3v) is 2.23. The Hall–Kier alpha value is -2.44. The summed E-state index contributed by atoms with van der Waals surface area (Å²) in [6.07, 6.45) is -0.0979. The number of carbonyl (C=O) groups excluding carboxylic acids is 1. The summed E-state index contributed by atoms with van der Waals surface area (Å²) in [5, 5.41) is 21.4. The molecule has 96 valence electrons. The largest absolute Gasteiger partial charge is 0.480 e. The minimum Gasteiger partial charge on any atom is -0.480 e. The van der Waals surface area contributed by atoms with Crippen molar-refractivity contribution in [1.82, 2.24) is 5.32 Å². The highest BCUT2D eigenvalue weighted by molar-refractivity contribution is 5.84. The molecule has 0 saturated heterocycles. The molecule has 1 aromatic rings. The molecule has 0 bridgehead atoms. The van der Waals surface area contributed by atoms with Crippen LogP contribution >= 0.6 is 0 Å². The van der Waals surface area contributed by atoms with Gasteiger partial charge in [0.05, 0.1) is 11.3 Å². The van der Waals surface area contributed by atoms with Crippen molar-refractivity contribution >= 4 is 17.6 Å². The van der Waals surface area contributed by atoms with Crippen LogP contribution in [0.15, 0.2) is 24.3 Å². The molecule has 0 unspecified atom stereocenters. The second-order valence-electron chi connectivity index (χ2n) is 3.73. The van der Waals surface area contributed by atoms with Gasteiger partial charge in [-0.05, 0) is 12.5 Å². The number of non-ortho nitro benzene ring substituents is 1. The Morgan fingerprint density at radius 2 is 2.17 bits per heavy atom. The molecule has 1 amide bonds. The minimum atomic E-state index is -1.14. The van der Waals surface area contributed by atoms with Crippen LogP contribution < -0.4 is 5.32 Å². The second kappa shape index (κ2) is 5.76. The van der Waals surface area contributed by atoms with Gasteiger partial charge in [0.1, 0.15) is 6.04 Å². The maximum Gasteiger partial charge on any atom is 0.325 e. The minimum absolute atomic E-state index is 0.0979. The van der Waals surface area contributed by atoms with Gasteiger partial charge in [0.15, 0.2) is 0 Å². The molecule has 0 aliphatic heterocycles. The number of carboxylic acids is 1. The first kappa shape index (κ1) is 13.6. The quantitative estimate of drug-likeness (QED) is 0.592. The summed E-state index contributed by atoms with van der Waals surface area (Å²) in [7, 11) is 0. The molecule has 7 heteroatoms. The fraction of sp³-hybridized carbons (Fsp3) is 0.273. The van der Waals surface area contributed by atoms with Crippen LogP contribution in [0.3, 0.4) is 0 Å². The molecule has 0 saturated carbocycles. The third-order valence-electron chi connectivity index (χ3n) is 2.23. The third kappa shape index (κ3) is 3.85. The van der Waals surface area contributed by atoms with E-state index in [1.165, 1.54) is 25.1 Å². The second-order valence-corrected chi connectivity index (χ2v) is 3.73. The van der Waals surface area contributed by atoms with Gasteiger partial charge in [0.25, 0.3) is 5.69 Å². The molecule has 0 spiro atoms. The molecule has 0 aliphatic carbocycles. The molecule has 0 heterocycles. The lowest BCUT2D eigenvalue weighted by Crippen LogP contribution is -2.39. The monoisotopic (exact) mass is 252 g/mol.